The molecular weight excluding hydrogens is 985 g/mol. The maximum absolute atomic E-state index is 12.9. The zero-order valence-electron chi connectivity index (χ0n) is 52.8. The van der Waals surface area contributed by atoms with Crippen LogP contribution in [0.4, 0.5) is 0 Å². The van der Waals surface area contributed by atoms with Gasteiger partial charge in [-0.1, -0.05) is 311 Å². The van der Waals surface area contributed by atoms with Crippen molar-refractivity contribution in [2.75, 3.05) is 13.2 Å². The van der Waals surface area contributed by atoms with Crippen molar-refractivity contribution >= 4 is 17.9 Å². The van der Waals surface area contributed by atoms with Crippen LogP contribution in [0.15, 0.2) is 97.2 Å². The third-order valence-electron chi connectivity index (χ3n) is 14.8. The van der Waals surface area contributed by atoms with Crippen LogP contribution in [0.2, 0.25) is 0 Å². The molecule has 6 nitrogen and oxygen atoms in total. The van der Waals surface area contributed by atoms with Crippen molar-refractivity contribution in [2.24, 2.45) is 0 Å². The van der Waals surface area contributed by atoms with Gasteiger partial charge in [0, 0.05) is 19.3 Å². The van der Waals surface area contributed by atoms with Crippen molar-refractivity contribution in [3.8, 4) is 0 Å². The van der Waals surface area contributed by atoms with E-state index in [1.807, 2.05) is 0 Å². The van der Waals surface area contributed by atoms with Crippen molar-refractivity contribution in [1.82, 2.24) is 0 Å². The van der Waals surface area contributed by atoms with Crippen molar-refractivity contribution in [2.45, 2.75) is 341 Å². The minimum atomic E-state index is -0.775. The zero-order valence-corrected chi connectivity index (χ0v) is 52.8. The lowest BCUT2D eigenvalue weighted by atomic mass is 10.0. The average Bonchev–Trinajstić information content (AvgIpc) is 3.46. The van der Waals surface area contributed by atoms with E-state index in [1.165, 1.54) is 193 Å². The van der Waals surface area contributed by atoms with Crippen LogP contribution in [0.25, 0.3) is 0 Å². The van der Waals surface area contributed by atoms with E-state index in [0.29, 0.717) is 19.3 Å². The fourth-order valence-electron chi connectivity index (χ4n) is 9.71. The predicted molar refractivity (Wildman–Crippen MR) is 348 cm³/mol. The van der Waals surface area contributed by atoms with Crippen LogP contribution >= 0.6 is 0 Å². The summed E-state index contributed by atoms with van der Waals surface area (Å²) >= 11 is 0. The number of rotatable bonds is 62. The molecule has 0 spiro atoms. The Hall–Kier alpha value is -3.67. The van der Waals surface area contributed by atoms with E-state index in [9.17, 15) is 14.4 Å². The average molecular weight is 1110 g/mol. The van der Waals surface area contributed by atoms with E-state index >= 15 is 0 Å². The molecule has 0 amide bonds. The van der Waals surface area contributed by atoms with Crippen LogP contribution in [-0.2, 0) is 28.6 Å². The van der Waals surface area contributed by atoms with E-state index in [4.69, 9.17) is 14.2 Å². The molecule has 0 fully saturated rings. The fraction of sp³-hybridized carbons (Fsp3) is 0.743. The first-order valence-corrected chi connectivity index (χ1v) is 34.2. The lowest BCUT2D eigenvalue weighted by Crippen LogP contribution is -2.30. The molecule has 0 aliphatic rings. The summed E-state index contributed by atoms with van der Waals surface area (Å²) in [5.74, 6) is -0.875. The summed E-state index contributed by atoms with van der Waals surface area (Å²) in [5.41, 5.74) is 0. The number of hydrogen-bond acceptors (Lipinski definition) is 6. The lowest BCUT2D eigenvalue weighted by Gasteiger charge is -2.18. The second kappa shape index (κ2) is 67.8. The molecule has 0 aromatic heterocycles. The van der Waals surface area contributed by atoms with Crippen LogP contribution < -0.4 is 0 Å². The molecule has 0 aliphatic heterocycles. The summed E-state index contributed by atoms with van der Waals surface area (Å²) < 4.78 is 16.8. The highest BCUT2D eigenvalue weighted by atomic mass is 16.6. The Labute approximate surface area is 496 Å². The van der Waals surface area contributed by atoms with E-state index in [2.05, 4.69) is 118 Å². The second-order valence-corrected chi connectivity index (χ2v) is 22.7. The van der Waals surface area contributed by atoms with E-state index in [0.717, 1.165) is 103 Å². The highest BCUT2D eigenvalue weighted by Crippen LogP contribution is 2.17. The van der Waals surface area contributed by atoms with Crippen LogP contribution in [0.1, 0.15) is 335 Å². The Morgan fingerprint density at radius 2 is 0.487 bits per heavy atom. The van der Waals surface area contributed by atoms with Gasteiger partial charge in [-0.25, -0.2) is 0 Å². The van der Waals surface area contributed by atoms with Crippen molar-refractivity contribution in [3.63, 3.8) is 0 Å². The third kappa shape index (κ3) is 65.1. The summed E-state index contributed by atoms with van der Waals surface area (Å²) in [6, 6.07) is 0. The lowest BCUT2D eigenvalue weighted by molar-refractivity contribution is -0.167. The Morgan fingerprint density at radius 1 is 0.263 bits per heavy atom. The van der Waals surface area contributed by atoms with Crippen molar-refractivity contribution < 1.29 is 28.6 Å². The van der Waals surface area contributed by atoms with Gasteiger partial charge in [0.05, 0.1) is 0 Å². The largest absolute Gasteiger partial charge is 0.462 e. The van der Waals surface area contributed by atoms with Crippen LogP contribution in [-0.4, -0.2) is 37.2 Å². The monoisotopic (exact) mass is 1110 g/mol. The Morgan fingerprint density at radius 3 is 0.762 bits per heavy atom. The number of allylic oxidation sites excluding steroid dienone is 16. The third-order valence-corrected chi connectivity index (χ3v) is 14.8. The fourth-order valence-corrected chi connectivity index (χ4v) is 9.71. The van der Waals surface area contributed by atoms with Crippen molar-refractivity contribution in [1.29, 1.82) is 0 Å². The van der Waals surface area contributed by atoms with Crippen LogP contribution in [0.3, 0.4) is 0 Å². The molecule has 0 aromatic carbocycles. The van der Waals surface area contributed by atoms with Gasteiger partial charge >= 0.3 is 17.9 Å². The molecule has 6 heteroatoms. The first kappa shape index (κ1) is 76.3. The summed E-state index contributed by atoms with van der Waals surface area (Å²) in [5, 5.41) is 0. The second-order valence-electron chi connectivity index (χ2n) is 22.7. The highest BCUT2D eigenvalue weighted by molar-refractivity contribution is 5.71. The van der Waals surface area contributed by atoms with E-state index in [1.54, 1.807) is 0 Å². The summed E-state index contributed by atoms with van der Waals surface area (Å²) in [6.07, 6.45) is 91.8. The molecule has 0 N–H and O–H groups in total. The molecule has 0 radical (unpaired) electrons. The molecule has 460 valence electrons. The number of carbonyl (C=O) groups is 3. The van der Waals surface area contributed by atoms with Gasteiger partial charge in [0.25, 0.3) is 0 Å². The first-order valence-electron chi connectivity index (χ1n) is 34.2. The maximum atomic E-state index is 12.9. The molecule has 0 saturated heterocycles. The van der Waals surface area contributed by atoms with Gasteiger partial charge in [-0.05, 0) is 103 Å². The van der Waals surface area contributed by atoms with Gasteiger partial charge in [-0.15, -0.1) is 0 Å². The normalized spacial score (nSPS) is 12.7. The van der Waals surface area contributed by atoms with Crippen LogP contribution in [0, 0.1) is 0 Å². The summed E-state index contributed by atoms with van der Waals surface area (Å²) in [6.45, 7) is 6.49. The molecule has 1 atom stereocenters. The van der Waals surface area contributed by atoms with Gasteiger partial charge in [-0.3, -0.25) is 14.4 Å². The molecule has 0 saturated carbocycles. The molecular formula is C74H128O6. The maximum Gasteiger partial charge on any atom is 0.306 e. The quantitative estimate of drug-likeness (QED) is 0.0261. The van der Waals surface area contributed by atoms with E-state index in [-0.39, 0.29) is 31.1 Å². The Kier molecular flexibility index (Phi) is 64.7. The zero-order chi connectivity index (χ0) is 57.8. The standard InChI is InChI=1S/C74H128O6/c1-4-7-10-13-16-18-20-22-24-26-28-30-32-33-34-35-36-37-38-39-40-41-43-44-46-48-50-52-54-56-58-61-64-67-73(76)79-70-71(69-78-72(75)66-63-60-15-12-9-6-3)80-74(77)68-65-62-59-57-55-53-51-49-47-45-42-31-29-27-25-23-21-19-17-14-11-8-5-2/h7,10,16,18,21-24,27-30,33-34,36-37,71H,4-6,8-9,11-15,17,19-20,25-26,31-32,35,38-70H2,1-3H3/b10-7-,18-16-,23-21-,24-22-,29-27-,30-28-,34-33-,37-36-. The van der Waals surface area contributed by atoms with Gasteiger partial charge < -0.3 is 14.2 Å². The van der Waals surface area contributed by atoms with E-state index < -0.39 is 6.10 Å². The predicted octanol–water partition coefficient (Wildman–Crippen LogP) is 23.6. The van der Waals surface area contributed by atoms with Gasteiger partial charge in [-0.2, -0.15) is 0 Å². The Balaban J connectivity index is 4.03. The number of hydrogen-bond donors (Lipinski definition) is 0. The molecule has 80 heavy (non-hydrogen) atoms. The minimum Gasteiger partial charge on any atom is -0.462 e. The Bertz CT molecular complexity index is 1560. The summed E-state index contributed by atoms with van der Waals surface area (Å²) in [7, 11) is 0. The van der Waals surface area contributed by atoms with Gasteiger partial charge in [0.15, 0.2) is 6.10 Å². The molecule has 1 unspecified atom stereocenters. The smallest absolute Gasteiger partial charge is 0.306 e. The number of unbranched alkanes of at least 4 members (excludes halogenated alkanes) is 35. The first-order chi connectivity index (χ1) is 39.5. The molecule has 0 heterocycles. The SMILES string of the molecule is CC/C=C\C/C=C\C/C=C\C/C=C\C/C=C\C/C=C\CCCCCCCCCCCCCCCCC(=O)OCC(COC(=O)CCCCCCCC)OC(=O)CCCCCCCCCCCCC/C=C\C/C=C\CCCCCCC. The number of ether oxygens (including phenoxy) is 3. The van der Waals surface area contributed by atoms with Gasteiger partial charge in [0.2, 0.25) is 0 Å². The van der Waals surface area contributed by atoms with Crippen molar-refractivity contribution in [3.05, 3.63) is 97.2 Å². The molecule has 0 rings (SSSR count). The summed E-state index contributed by atoms with van der Waals surface area (Å²) in [4.78, 5) is 38.1. The number of carbonyl (C=O) groups excluding carboxylic acids is 3. The minimum absolute atomic E-state index is 0.0751. The molecule has 0 aromatic rings. The topological polar surface area (TPSA) is 78.9 Å². The van der Waals surface area contributed by atoms with Crippen LogP contribution in [0.5, 0.6) is 0 Å². The highest BCUT2D eigenvalue weighted by Gasteiger charge is 2.19. The molecule has 0 aliphatic carbocycles. The van der Waals surface area contributed by atoms with Gasteiger partial charge in [0.1, 0.15) is 13.2 Å². The molecule has 0 bridgehead atoms. The number of esters is 3.